The van der Waals surface area contributed by atoms with Gasteiger partial charge in [0.25, 0.3) is 0 Å². The smallest absolute Gasteiger partial charge is 0.303 e. The maximum atomic E-state index is 9.86. The summed E-state index contributed by atoms with van der Waals surface area (Å²) in [6.45, 7) is 6.64. The van der Waals surface area contributed by atoms with Gasteiger partial charge in [-0.05, 0) is 40.0 Å². The number of carbonyl (C=O) groups is 2. The van der Waals surface area contributed by atoms with E-state index in [4.69, 9.17) is 10.2 Å². The predicted octanol–water partition coefficient (Wildman–Crippen LogP) is 1.22. The van der Waals surface area contributed by atoms with Gasteiger partial charge in [0.05, 0.1) is 18.9 Å². The Kier molecular flexibility index (Phi) is 5.15. The van der Waals surface area contributed by atoms with Crippen LogP contribution in [-0.4, -0.2) is 44.4 Å². The number of fused-ring (bicyclic) bond motifs is 3. The number of rotatable bonds is 3. The second kappa shape index (κ2) is 6.10. The highest BCUT2D eigenvalue weighted by Crippen LogP contribution is 2.44. The van der Waals surface area contributed by atoms with Crippen LogP contribution < -0.4 is 5.32 Å². The molecule has 3 fully saturated rings. The van der Waals surface area contributed by atoms with Crippen molar-refractivity contribution in [3.63, 3.8) is 0 Å². The summed E-state index contributed by atoms with van der Waals surface area (Å²) in [6, 6.07) is 0. The number of nitrogens with one attached hydrogen (secondary N) is 1. The lowest BCUT2D eigenvalue weighted by Gasteiger charge is -2.57. The van der Waals surface area contributed by atoms with E-state index in [2.05, 4.69) is 26.1 Å². The van der Waals surface area contributed by atoms with Gasteiger partial charge in [0.15, 0.2) is 0 Å². The first-order valence-electron chi connectivity index (χ1n) is 6.97. The first-order chi connectivity index (χ1) is 9.06. The molecule has 0 radical (unpaired) electrons. The van der Waals surface area contributed by atoms with E-state index in [1.807, 2.05) is 0 Å². The molecule has 20 heavy (non-hydrogen) atoms. The molecule has 0 spiro atoms. The van der Waals surface area contributed by atoms with Gasteiger partial charge in [0.1, 0.15) is 0 Å². The van der Waals surface area contributed by atoms with E-state index in [1.54, 1.807) is 0 Å². The first-order valence-corrected chi connectivity index (χ1v) is 6.97. The van der Waals surface area contributed by atoms with Crippen LogP contribution in [-0.2, 0) is 9.59 Å². The van der Waals surface area contributed by atoms with Crippen LogP contribution >= 0.6 is 0 Å². The molecule has 2 aliphatic heterocycles. The van der Waals surface area contributed by atoms with Gasteiger partial charge >= 0.3 is 11.9 Å². The van der Waals surface area contributed by atoms with Crippen LogP contribution in [0.15, 0.2) is 0 Å². The molecular weight excluding hydrogens is 262 g/mol. The average Bonchev–Trinajstić information content (AvgIpc) is 2.23. The number of aliphatic hydroxyl groups is 1. The maximum Gasteiger partial charge on any atom is 0.303 e. The molecule has 3 atom stereocenters. The lowest BCUT2D eigenvalue weighted by molar-refractivity contribution is -0.143. The highest BCUT2D eigenvalue weighted by molar-refractivity contribution is 5.75. The summed E-state index contributed by atoms with van der Waals surface area (Å²) >= 11 is 0. The molecule has 6 heteroatoms. The van der Waals surface area contributed by atoms with E-state index in [9.17, 15) is 14.7 Å². The van der Waals surface area contributed by atoms with E-state index < -0.39 is 11.9 Å². The normalized spacial score (nSPS) is 34.0. The molecule has 6 nitrogen and oxygen atoms in total. The van der Waals surface area contributed by atoms with Crippen LogP contribution in [0.5, 0.6) is 0 Å². The summed E-state index contributed by atoms with van der Waals surface area (Å²) in [7, 11) is 0. The van der Waals surface area contributed by atoms with Crippen molar-refractivity contribution >= 4 is 11.9 Å². The topological polar surface area (TPSA) is 107 Å². The zero-order valence-corrected chi connectivity index (χ0v) is 12.3. The van der Waals surface area contributed by atoms with Gasteiger partial charge in [-0.1, -0.05) is 0 Å². The van der Waals surface area contributed by atoms with Gasteiger partial charge < -0.3 is 20.6 Å². The summed E-state index contributed by atoms with van der Waals surface area (Å²) in [5.74, 6) is -1.70. The standard InChI is InChI=1S/C10H19NO.C4H6O4/c1-9(2)7-4-5-10(3,11-9)6-8(7)12;5-3(6)1-2-4(7)8/h7-8,11-12H,4-6H2,1-3H3;1-2H2,(H,5,6)(H,7,8). The fraction of sp³-hybridized carbons (Fsp3) is 0.857. The monoisotopic (exact) mass is 287 g/mol. The first kappa shape index (κ1) is 16.9. The number of hydrogen-bond donors (Lipinski definition) is 4. The molecule has 3 aliphatic rings. The molecule has 0 aromatic rings. The number of carboxylic acids is 2. The Morgan fingerprint density at radius 1 is 1.15 bits per heavy atom. The van der Waals surface area contributed by atoms with Crippen LogP contribution in [0.1, 0.15) is 52.9 Å². The fourth-order valence-electron chi connectivity index (χ4n) is 3.41. The maximum absolute atomic E-state index is 9.86. The average molecular weight is 287 g/mol. The number of piperidine rings is 2. The van der Waals surface area contributed by atoms with E-state index in [1.165, 1.54) is 12.8 Å². The molecule has 1 saturated carbocycles. The molecule has 1 aliphatic carbocycles. The summed E-state index contributed by atoms with van der Waals surface area (Å²) in [6.07, 6.45) is 2.65. The van der Waals surface area contributed by atoms with Crippen molar-refractivity contribution in [2.75, 3.05) is 0 Å². The summed E-state index contributed by atoms with van der Waals surface area (Å²) in [5.41, 5.74) is 0.322. The van der Waals surface area contributed by atoms with Gasteiger partial charge in [-0.25, -0.2) is 0 Å². The van der Waals surface area contributed by atoms with Crippen LogP contribution in [0.25, 0.3) is 0 Å². The minimum absolute atomic E-state index is 0.0833. The van der Waals surface area contributed by atoms with Crippen molar-refractivity contribution in [2.24, 2.45) is 5.92 Å². The van der Waals surface area contributed by atoms with Gasteiger partial charge in [0.2, 0.25) is 0 Å². The molecule has 2 heterocycles. The van der Waals surface area contributed by atoms with Crippen molar-refractivity contribution in [3.8, 4) is 0 Å². The number of aliphatic hydroxyl groups excluding tert-OH is 1. The predicted molar refractivity (Wildman–Crippen MR) is 73.5 cm³/mol. The van der Waals surface area contributed by atoms with Crippen molar-refractivity contribution in [1.82, 2.24) is 5.32 Å². The van der Waals surface area contributed by atoms with Crippen molar-refractivity contribution in [2.45, 2.75) is 70.1 Å². The second-order valence-electron chi connectivity index (χ2n) is 6.61. The molecule has 0 aromatic carbocycles. The van der Waals surface area contributed by atoms with Gasteiger partial charge in [-0.2, -0.15) is 0 Å². The highest BCUT2D eigenvalue weighted by Gasteiger charge is 2.51. The van der Waals surface area contributed by atoms with Gasteiger partial charge in [0, 0.05) is 17.0 Å². The van der Waals surface area contributed by atoms with Crippen LogP contribution in [0.4, 0.5) is 0 Å². The Balaban J connectivity index is 0.000000221. The van der Waals surface area contributed by atoms with E-state index in [-0.39, 0.29) is 30.0 Å². The molecule has 3 rings (SSSR count). The minimum Gasteiger partial charge on any atom is -0.481 e. The Labute approximate surface area is 119 Å². The van der Waals surface area contributed by atoms with Crippen LogP contribution in [0.2, 0.25) is 0 Å². The summed E-state index contributed by atoms with van der Waals surface area (Å²) < 4.78 is 0. The van der Waals surface area contributed by atoms with Gasteiger partial charge in [-0.3, -0.25) is 9.59 Å². The molecule has 116 valence electrons. The van der Waals surface area contributed by atoms with E-state index in [0.717, 1.165) is 6.42 Å². The highest BCUT2D eigenvalue weighted by atomic mass is 16.4. The van der Waals surface area contributed by atoms with Crippen LogP contribution in [0.3, 0.4) is 0 Å². The third kappa shape index (κ3) is 4.45. The summed E-state index contributed by atoms with van der Waals surface area (Å²) in [4.78, 5) is 19.3. The lowest BCUT2D eigenvalue weighted by atomic mass is 9.63. The summed E-state index contributed by atoms with van der Waals surface area (Å²) in [5, 5.41) is 29.3. The number of hydrogen-bond acceptors (Lipinski definition) is 4. The quantitative estimate of drug-likeness (QED) is 0.622. The van der Waals surface area contributed by atoms with Crippen molar-refractivity contribution in [3.05, 3.63) is 0 Å². The Hall–Kier alpha value is -1.14. The second-order valence-corrected chi connectivity index (χ2v) is 6.61. The number of aliphatic carboxylic acids is 2. The SMILES string of the molecule is CC12CCC(C(O)C1)C(C)(C)N2.O=C(O)CCC(=O)O. The molecule has 2 saturated heterocycles. The Morgan fingerprint density at radius 3 is 1.95 bits per heavy atom. The third-order valence-corrected chi connectivity index (χ3v) is 4.23. The van der Waals surface area contributed by atoms with Crippen molar-refractivity contribution in [1.29, 1.82) is 0 Å². The van der Waals surface area contributed by atoms with Gasteiger partial charge in [-0.15, -0.1) is 0 Å². The zero-order chi connectivity index (χ0) is 15.6. The van der Waals surface area contributed by atoms with E-state index >= 15 is 0 Å². The van der Waals surface area contributed by atoms with Crippen molar-refractivity contribution < 1.29 is 24.9 Å². The lowest BCUT2D eigenvalue weighted by Crippen LogP contribution is -2.69. The minimum atomic E-state index is -1.08. The Bertz CT molecular complexity index is 365. The third-order valence-electron chi connectivity index (χ3n) is 4.23. The van der Waals surface area contributed by atoms with Crippen LogP contribution in [0, 0.1) is 5.92 Å². The molecule has 3 unspecified atom stereocenters. The largest absolute Gasteiger partial charge is 0.481 e. The molecule has 0 amide bonds. The number of carboxylic acid groups (broad SMARTS) is 2. The molecule has 4 N–H and O–H groups in total. The Morgan fingerprint density at radius 2 is 1.65 bits per heavy atom. The molecular formula is C14H25NO5. The van der Waals surface area contributed by atoms with E-state index in [0.29, 0.717) is 5.92 Å². The fourth-order valence-corrected chi connectivity index (χ4v) is 3.41. The molecule has 2 bridgehead atoms. The molecule has 0 aromatic heterocycles. The zero-order valence-electron chi connectivity index (χ0n) is 12.3.